The summed E-state index contributed by atoms with van der Waals surface area (Å²) in [5.41, 5.74) is -0.454. The Balaban J connectivity index is 1.93. The van der Waals surface area contributed by atoms with Gasteiger partial charge in [-0.1, -0.05) is 13.8 Å². The van der Waals surface area contributed by atoms with Crippen molar-refractivity contribution in [2.75, 3.05) is 0 Å². The smallest absolute Gasteiger partial charge is 0.420 e. The highest BCUT2D eigenvalue weighted by Gasteiger charge is 2.36. The van der Waals surface area contributed by atoms with Crippen molar-refractivity contribution in [1.29, 1.82) is 0 Å². The second-order valence-electron chi connectivity index (χ2n) is 6.63. The summed E-state index contributed by atoms with van der Waals surface area (Å²) < 4.78 is 59.0. The zero-order chi connectivity index (χ0) is 17.5. The van der Waals surface area contributed by atoms with Crippen LogP contribution in [0.15, 0.2) is 16.5 Å². The number of halogens is 4. The summed E-state index contributed by atoms with van der Waals surface area (Å²) in [6.45, 7) is 3.79. The molecular formula is C17H20F4N2O. The molecular weight excluding hydrogens is 324 g/mol. The molecule has 1 aliphatic carbocycles. The first-order valence-corrected chi connectivity index (χ1v) is 8.13. The first-order chi connectivity index (χ1) is 11.3. The molecule has 1 heterocycles. The van der Waals surface area contributed by atoms with Crippen molar-refractivity contribution in [3.8, 4) is 0 Å². The zero-order valence-corrected chi connectivity index (χ0v) is 13.6. The molecule has 1 N–H and O–H groups in total. The Labute approximate surface area is 137 Å². The van der Waals surface area contributed by atoms with Gasteiger partial charge in [-0.15, -0.1) is 0 Å². The molecule has 1 aromatic carbocycles. The minimum Gasteiger partial charge on any atom is -0.440 e. The maximum Gasteiger partial charge on any atom is 0.420 e. The average molecular weight is 344 g/mol. The number of fused-ring (bicyclic) bond motifs is 1. The van der Waals surface area contributed by atoms with Gasteiger partial charge in [0.2, 0.25) is 0 Å². The highest BCUT2D eigenvalue weighted by atomic mass is 19.4. The van der Waals surface area contributed by atoms with Crippen LogP contribution in [0.3, 0.4) is 0 Å². The molecule has 24 heavy (non-hydrogen) atoms. The van der Waals surface area contributed by atoms with Gasteiger partial charge in [-0.25, -0.2) is 9.37 Å². The van der Waals surface area contributed by atoms with Gasteiger partial charge in [0, 0.05) is 18.5 Å². The molecule has 3 nitrogen and oxygen atoms in total. The predicted molar refractivity (Wildman–Crippen MR) is 82.5 cm³/mol. The van der Waals surface area contributed by atoms with Crippen molar-refractivity contribution in [2.45, 2.75) is 64.0 Å². The van der Waals surface area contributed by atoms with Crippen LogP contribution in [0.5, 0.6) is 0 Å². The molecule has 2 aromatic rings. The van der Waals surface area contributed by atoms with Crippen LogP contribution in [0.1, 0.15) is 56.0 Å². The van der Waals surface area contributed by atoms with E-state index in [1.54, 1.807) is 6.07 Å². The average Bonchev–Trinajstić information content (AvgIpc) is 3.09. The SMILES string of the molecule is CC(C)c1nc2cc(CN[C@@H]3CCC[C@@H]3F)cc(C(F)(F)F)c2o1. The highest BCUT2D eigenvalue weighted by molar-refractivity contribution is 5.78. The van der Waals surface area contributed by atoms with Crippen molar-refractivity contribution in [3.05, 3.63) is 29.2 Å². The Morgan fingerprint density at radius 1 is 1.29 bits per heavy atom. The number of hydrogen-bond acceptors (Lipinski definition) is 3. The molecule has 7 heteroatoms. The van der Waals surface area contributed by atoms with E-state index in [0.717, 1.165) is 12.5 Å². The van der Waals surface area contributed by atoms with Crippen molar-refractivity contribution in [1.82, 2.24) is 10.3 Å². The summed E-state index contributed by atoms with van der Waals surface area (Å²) in [5, 5.41) is 3.02. The van der Waals surface area contributed by atoms with Crippen LogP contribution in [0, 0.1) is 0 Å². The first-order valence-electron chi connectivity index (χ1n) is 8.13. The molecule has 0 radical (unpaired) electrons. The Bertz CT molecular complexity index is 723. The van der Waals surface area contributed by atoms with Crippen LogP contribution in [-0.4, -0.2) is 17.2 Å². The monoisotopic (exact) mass is 344 g/mol. The molecule has 0 spiro atoms. The van der Waals surface area contributed by atoms with Crippen molar-refractivity contribution >= 4 is 11.1 Å². The molecule has 3 rings (SSSR count). The fourth-order valence-corrected chi connectivity index (χ4v) is 3.06. The summed E-state index contributed by atoms with van der Waals surface area (Å²) in [6.07, 6.45) is -3.46. The van der Waals surface area contributed by atoms with Crippen LogP contribution in [-0.2, 0) is 12.7 Å². The van der Waals surface area contributed by atoms with E-state index in [-0.39, 0.29) is 35.5 Å². The van der Waals surface area contributed by atoms with Gasteiger partial charge >= 0.3 is 6.18 Å². The van der Waals surface area contributed by atoms with Crippen molar-refractivity contribution in [3.63, 3.8) is 0 Å². The molecule has 0 saturated heterocycles. The molecule has 0 unspecified atom stereocenters. The van der Waals surface area contributed by atoms with E-state index in [4.69, 9.17) is 4.42 Å². The number of alkyl halides is 4. The van der Waals surface area contributed by atoms with Crippen LogP contribution in [0.4, 0.5) is 17.6 Å². The van der Waals surface area contributed by atoms with Gasteiger partial charge in [0.1, 0.15) is 17.3 Å². The molecule has 1 aromatic heterocycles. The second-order valence-corrected chi connectivity index (χ2v) is 6.63. The molecule has 0 aliphatic heterocycles. The number of nitrogens with zero attached hydrogens (tertiary/aromatic N) is 1. The number of aromatic nitrogens is 1. The molecule has 1 aliphatic rings. The summed E-state index contributed by atoms with van der Waals surface area (Å²) in [5.74, 6) is 0.172. The maximum absolute atomic E-state index is 13.6. The van der Waals surface area contributed by atoms with Crippen molar-refractivity contribution in [2.24, 2.45) is 0 Å². The lowest BCUT2D eigenvalue weighted by atomic mass is 10.1. The second kappa shape index (κ2) is 6.35. The Morgan fingerprint density at radius 2 is 2.04 bits per heavy atom. The minimum atomic E-state index is -4.53. The molecule has 0 bridgehead atoms. The first kappa shape index (κ1) is 17.2. The van der Waals surface area contributed by atoms with E-state index in [2.05, 4.69) is 10.3 Å². The summed E-state index contributed by atoms with van der Waals surface area (Å²) >= 11 is 0. The van der Waals surface area contributed by atoms with Gasteiger partial charge in [0.25, 0.3) is 0 Å². The molecule has 0 amide bonds. The number of hydrogen-bond donors (Lipinski definition) is 1. The van der Waals surface area contributed by atoms with Gasteiger partial charge in [-0.3, -0.25) is 0 Å². The Kier molecular flexibility index (Phi) is 4.55. The number of nitrogens with one attached hydrogen (secondary N) is 1. The third kappa shape index (κ3) is 3.41. The van der Waals surface area contributed by atoms with Gasteiger partial charge in [0.15, 0.2) is 11.5 Å². The lowest BCUT2D eigenvalue weighted by Gasteiger charge is -2.15. The standard InChI is InChI=1S/C17H20F4N2O/c1-9(2)16-23-14-7-10(8-22-13-5-3-4-12(13)18)6-11(15(14)24-16)17(19,20)21/h6-7,9,12-13,22H,3-5,8H2,1-2H3/t12-,13+/m0/s1. The van der Waals surface area contributed by atoms with Gasteiger partial charge in [-0.2, -0.15) is 13.2 Å². The van der Waals surface area contributed by atoms with E-state index < -0.39 is 17.9 Å². The lowest BCUT2D eigenvalue weighted by Crippen LogP contribution is -2.32. The summed E-state index contributed by atoms with van der Waals surface area (Å²) in [6, 6.07) is 2.35. The molecule has 1 fully saturated rings. The van der Waals surface area contributed by atoms with Crippen LogP contribution >= 0.6 is 0 Å². The minimum absolute atomic E-state index is 0.106. The summed E-state index contributed by atoms with van der Waals surface area (Å²) in [7, 11) is 0. The third-order valence-electron chi connectivity index (χ3n) is 4.37. The van der Waals surface area contributed by atoms with Crippen LogP contribution in [0.25, 0.3) is 11.1 Å². The maximum atomic E-state index is 13.6. The van der Waals surface area contributed by atoms with Crippen LogP contribution in [0.2, 0.25) is 0 Å². The zero-order valence-electron chi connectivity index (χ0n) is 13.6. The van der Waals surface area contributed by atoms with E-state index in [9.17, 15) is 17.6 Å². The fraction of sp³-hybridized carbons (Fsp3) is 0.588. The molecule has 1 saturated carbocycles. The largest absolute Gasteiger partial charge is 0.440 e. The Hall–Kier alpha value is -1.63. The van der Waals surface area contributed by atoms with E-state index >= 15 is 0 Å². The topological polar surface area (TPSA) is 38.1 Å². The lowest BCUT2D eigenvalue weighted by molar-refractivity contribution is -0.136. The van der Waals surface area contributed by atoms with E-state index in [1.807, 2.05) is 13.8 Å². The summed E-state index contributed by atoms with van der Waals surface area (Å²) in [4.78, 5) is 4.17. The van der Waals surface area contributed by atoms with E-state index in [1.165, 1.54) is 0 Å². The predicted octanol–water partition coefficient (Wildman–Crippen LogP) is 4.95. The van der Waals surface area contributed by atoms with Gasteiger partial charge < -0.3 is 9.73 Å². The fourth-order valence-electron chi connectivity index (χ4n) is 3.06. The normalized spacial score (nSPS) is 22.0. The quantitative estimate of drug-likeness (QED) is 0.798. The molecule has 2 atom stereocenters. The van der Waals surface area contributed by atoms with Crippen LogP contribution < -0.4 is 5.32 Å². The number of benzene rings is 1. The highest BCUT2D eigenvalue weighted by Crippen LogP contribution is 2.37. The van der Waals surface area contributed by atoms with Crippen molar-refractivity contribution < 1.29 is 22.0 Å². The number of oxazole rings is 1. The Morgan fingerprint density at radius 3 is 2.62 bits per heavy atom. The molecule has 132 valence electrons. The third-order valence-corrected chi connectivity index (χ3v) is 4.37. The van der Waals surface area contributed by atoms with Gasteiger partial charge in [-0.05, 0) is 37.0 Å². The van der Waals surface area contributed by atoms with E-state index in [0.29, 0.717) is 18.4 Å². The van der Waals surface area contributed by atoms with Gasteiger partial charge in [0.05, 0.1) is 0 Å². The number of rotatable bonds is 4.